The molecule has 0 saturated heterocycles. The molecule has 4 nitrogen and oxygen atoms in total. The highest BCUT2D eigenvalue weighted by Gasteiger charge is 1.99. The zero-order valence-electron chi connectivity index (χ0n) is 4.69. The van der Waals surface area contributed by atoms with Crippen molar-refractivity contribution in [2.75, 3.05) is 0 Å². The predicted molar refractivity (Wildman–Crippen MR) is 38.8 cm³/mol. The lowest BCUT2D eigenvalue weighted by Gasteiger charge is -1.90. The van der Waals surface area contributed by atoms with Crippen LogP contribution in [0.4, 0.5) is 0 Å². The van der Waals surface area contributed by atoms with Gasteiger partial charge in [0.15, 0.2) is 5.03 Å². The average Bonchev–Trinajstić information content (AvgIpc) is 1.88. The van der Waals surface area contributed by atoms with Gasteiger partial charge in [-0.25, -0.2) is 14.2 Å². The van der Waals surface area contributed by atoms with Gasteiger partial charge in [-0.2, -0.15) is 0 Å². The molecule has 0 saturated carbocycles. The van der Waals surface area contributed by atoms with Crippen molar-refractivity contribution in [2.45, 2.75) is 5.03 Å². The maximum absolute atomic E-state index is 10.3. The van der Waals surface area contributed by atoms with Gasteiger partial charge in [-0.3, -0.25) is 0 Å². The van der Waals surface area contributed by atoms with Gasteiger partial charge in [0.1, 0.15) is 4.60 Å². The summed E-state index contributed by atoms with van der Waals surface area (Å²) in [6, 6.07) is 0. The van der Waals surface area contributed by atoms with Crippen LogP contribution in [0.1, 0.15) is 0 Å². The highest BCUT2D eigenvalue weighted by atomic mass is 79.9. The molecule has 0 aliphatic rings. The van der Waals surface area contributed by atoms with Crippen molar-refractivity contribution in [3.63, 3.8) is 0 Å². The van der Waals surface area contributed by atoms with Crippen molar-refractivity contribution in [1.82, 2.24) is 9.97 Å². The number of hydrogen-bond acceptors (Lipinski definition) is 3. The van der Waals surface area contributed by atoms with E-state index in [0.717, 1.165) is 0 Å². The molecule has 0 aliphatic heterocycles. The van der Waals surface area contributed by atoms with Gasteiger partial charge in [0, 0.05) is 0 Å². The van der Waals surface area contributed by atoms with Crippen molar-refractivity contribution >= 4 is 27.0 Å². The summed E-state index contributed by atoms with van der Waals surface area (Å²) in [6.45, 7) is 0. The van der Waals surface area contributed by atoms with Crippen molar-refractivity contribution in [3.8, 4) is 0 Å². The minimum atomic E-state index is -2.03. The summed E-state index contributed by atoms with van der Waals surface area (Å²) in [4.78, 5) is 7.32. The molecule has 6 heteroatoms. The van der Waals surface area contributed by atoms with E-state index in [1.54, 1.807) is 0 Å². The molecule has 1 unspecified atom stereocenters. The van der Waals surface area contributed by atoms with Crippen molar-refractivity contribution in [2.24, 2.45) is 0 Å². The molecule has 1 atom stereocenters. The highest BCUT2D eigenvalue weighted by molar-refractivity contribution is 9.10. The topological polar surface area (TPSA) is 63.1 Å². The van der Waals surface area contributed by atoms with E-state index in [0.29, 0.717) is 4.60 Å². The maximum atomic E-state index is 10.3. The Morgan fingerprint density at radius 1 is 1.50 bits per heavy atom. The Morgan fingerprint density at radius 3 is 2.60 bits per heavy atom. The molecule has 0 aliphatic carbocycles. The summed E-state index contributed by atoms with van der Waals surface area (Å²) in [5.41, 5.74) is 0. The van der Waals surface area contributed by atoms with Gasteiger partial charge in [0.25, 0.3) is 0 Å². The Labute approximate surface area is 68.1 Å². The van der Waals surface area contributed by atoms with E-state index >= 15 is 0 Å². The van der Waals surface area contributed by atoms with E-state index < -0.39 is 11.1 Å². The molecule has 1 heterocycles. The molecule has 0 aromatic carbocycles. The second-order valence-corrected chi connectivity index (χ2v) is 3.16. The smallest absolute Gasteiger partial charge is 0.207 e. The first-order valence-corrected chi connectivity index (χ1v) is 4.18. The van der Waals surface area contributed by atoms with Gasteiger partial charge in [0.2, 0.25) is 11.1 Å². The largest absolute Gasteiger partial charge is 0.301 e. The molecule has 0 radical (unpaired) electrons. The fourth-order valence-electron chi connectivity index (χ4n) is 0.391. The molecule has 1 aromatic rings. The molecular weight excluding hydrogens is 220 g/mol. The summed E-state index contributed by atoms with van der Waals surface area (Å²) in [6.07, 6.45) is 2.60. The van der Waals surface area contributed by atoms with Crippen LogP contribution in [0.25, 0.3) is 0 Å². The molecule has 1 aromatic heterocycles. The minimum Gasteiger partial charge on any atom is -0.301 e. The van der Waals surface area contributed by atoms with Crippen molar-refractivity contribution in [1.29, 1.82) is 0 Å². The van der Waals surface area contributed by atoms with Gasteiger partial charge >= 0.3 is 0 Å². The normalized spacial score (nSPS) is 13.0. The van der Waals surface area contributed by atoms with Gasteiger partial charge in [0.05, 0.1) is 12.4 Å². The summed E-state index contributed by atoms with van der Waals surface area (Å²) >= 11 is 1.01. The minimum absolute atomic E-state index is 0.0585. The fourth-order valence-corrected chi connectivity index (χ4v) is 0.881. The average molecular weight is 223 g/mol. The Hall–Kier alpha value is -0.330. The van der Waals surface area contributed by atoms with Crippen LogP contribution in [0.3, 0.4) is 0 Å². The first-order chi connectivity index (χ1) is 4.70. The first-order valence-electron chi connectivity index (χ1n) is 2.28. The van der Waals surface area contributed by atoms with Crippen LogP contribution in [-0.2, 0) is 11.1 Å². The molecule has 1 N–H and O–H groups in total. The quantitative estimate of drug-likeness (QED) is 0.716. The SMILES string of the molecule is O=S(O)c1cnc(Br)cn1. The van der Waals surface area contributed by atoms with Crippen molar-refractivity contribution < 1.29 is 8.76 Å². The number of hydrogen-bond donors (Lipinski definition) is 1. The second-order valence-electron chi connectivity index (χ2n) is 1.43. The van der Waals surface area contributed by atoms with Gasteiger partial charge < -0.3 is 4.55 Å². The van der Waals surface area contributed by atoms with Gasteiger partial charge in [-0.05, 0) is 15.9 Å². The Balaban J connectivity index is 3.00. The molecule has 54 valence electrons. The Bertz CT molecular complexity index is 250. The summed E-state index contributed by atoms with van der Waals surface area (Å²) in [7, 11) is 0. The number of halogens is 1. The van der Waals surface area contributed by atoms with Gasteiger partial charge in [-0.1, -0.05) is 0 Å². The zero-order chi connectivity index (χ0) is 7.56. The molecule has 0 bridgehead atoms. The summed E-state index contributed by atoms with van der Waals surface area (Å²) in [5.74, 6) is 0. The highest BCUT2D eigenvalue weighted by Crippen LogP contribution is 2.03. The van der Waals surface area contributed by atoms with Crippen LogP contribution in [0, 0.1) is 0 Å². The molecule has 0 spiro atoms. The third-order valence-electron chi connectivity index (χ3n) is 0.776. The van der Waals surface area contributed by atoms with E-state index in [2.05, 4.69) is 25.9 Å². The maximum Gasteiger partial charge on any atom is 0.207 e. The third kappa shape index (κ3) is 1.83. The van der Waals surface area contributed by atoms with Crippen LogP contribution in [0.5, 0.6) is 0 Å². The number of aromatic nitrogens is 2. The van der Waals surface area contributed by atoms with E-state index in [1.165, 1.54) is 12.4 Å². The number of nitrogens with zero attached hydrogens (tertiary/aromatic N) is 2. The Morgan fingerprint density at radius 2 is 2.20 bits per heavy atom. The van der Waals surface area contributed by atoms with Crippen LogP contribution in [0.2, 0.25) is 0 Å². The van der Waals surface area contributed by atoms with Crippen LogP contribution < -0.4 is 0 Å². The van der Waals surface area contributed by atoms with Crippen LogP contribution in [0.15, 0.2) is 22.0 Å². The van der Waals surface area contributed by atoms with Crippen LogP contribution >= 0.6 is 15.9 Å². The van der Waals surface area contributed by atoms with E-state index in [9.17, 15) is 4.21 Å². The molecule has 1 rings (SSSR count). The zero-order valence-corrected chi connectivity index (χ0v) is 7.09. The number of rotatable bonds is 1. The standard InChI is InChI=1S/C4H3BrN2O2S/c5-3-1-7-4(2-6-3)10(8)9/h1-2H,(H,8,9). The summed E-state index contributed by atoms with van der Waals surface area (Å²) in [5, 5.41) is 0.0585. The lowest BCUT2D eigenvalue weighted by atomic mass is 10.8. The Kier molecular flexibility index (Phi) is 2.47. The lowest BCUT2D eigenvalue weighted by molar-refractivity contribution is 0.559. The molecular formula is C4H3BrN2O2S. The van der Waals surface area contributed by atoms with E-state index in [-0.39, 0.29) is 5.03 Å². The molecule has 10 heavy (non-hydrogen) atoms. The van der Waals surface area contributed by atoms with E-state index in [4.69, 9.17) is 4.55 Å². The third-order valence-corrected chi connectivity index (χ3v) is 1.75. The fraction of sp³-hybridized carbons (Fsp3) is 0. The predicted octanol–water partition coefficient (Wildman–Crippen LogP) is 0.820. The van der Waals surface area contributed by atoms with Gasteiger partial charge in [-0.15, -0.1) is 0 Å². The first kappa shape index (κ1) is 7.77. The van der Waals surface area contributed by atoms with Crippen molar-refractivity contribution in [3.05, 3.63) is 17.0 Å². The van der Waals surface area contributed by atoms with Crippen LogP contribution in [-0.4, -0.2) is 18.7 Å². The molecule has 0 amide bonds. The lowest BCUT2D eigenvalue weighted by Crippen LogP contribution is -1.93. The van der Waals surface area contributed by atoms with E-state index in [1.807, 2.05) is 0 Å². The second kappa shape index (κ2) is 3.18. The summed E-state index contributed by atoms with van der Waals surface area (Å²) < 4.78 is 19.3. The monoisotopic (exact) mass is 222 g/mol. The molecule has 0 fully saturated rings.